The number of rotatable bonds is 4. The molecule has 0 heterocycles. The van der Waals surface area contributed by atoms with Crippen molar-refractivity contribution in [2.45, 2.75) is 29.9 Å². The molecule has 4 rings (SSSR count). The van der Waals surface area contributed by atoms with Crippen molar-refractivity contribution >= 4 is 10.1 Å². The summed E-state index contributed by atoms with van der Waals surface area (Å²) in [5.74, 6) is 0. The highest BCUT2D eigenvalue weighted by Gasteiger charge is 2.52. The van der Waals surface area contributed by atoms with Crippen LogP contribution >= 0.6 is 0 Å². The lowest BCUT2D eigenvalue weighted by Gasteiger charge is -2.33. The molecule has 1 aliphatic rings. The van der Waals surface area contributed by atoms with Gasteiger partial charge in [-0.2, -0.15) is 8.42 Å². The van der Waals surface area contributed by atoms with E-state index < -0.39 is 21.8 Å². The first-order valence-electron chi connectivity index (χ1n) is 8.78. The number of aryl methyl sites for hydroxylation is 1. The van der Waals surface area contributed by atoms with Crippen molar-refractivity contribution < 1.29 is 17.7 Å². The fourth-order valence-electron chi connectivity index (χ4n) is 3.70. The van der Waals surface area contributed by atoms with Crippen LogP contribution < -0.4 is 0 Å². The third kappa shape index (κ3) is 2.98. The largest absolute Gasteiger partial charge is 0.389 e. The van der Waals surface area contributed by atoms with Crippen LogP contribution in [0.1, 0.15) is 22.3 Å². The van der Waals surface area contributed by atoms with Gasteiger partial charge < -0.3 is 5.11 Å². The van der Waals surface area contributed by atoms with Crippen LogP contribution in [0.5, 0.6) is 0 Å². The third-order valence-corrected chi connectivity index (χ3v) is 6.39. The maximum absolute atomic E-state index is 13.1. The topological polar surface area (TPSA) is 63.6 Å². The molecule has 0 aliphatic heterocycles. The van der Waals surface area contributed by atoms with Crippen molar-refractivity contribution in [2.24, 2.45) is 0 Å². The molecule has 0 aromatic heterocycles. The lowest BCUT2D eigenvalue weighted by Crippen LogP contribution is -2.41. The molecule has 0 fully saturated rings. The molecular formula is C22H20O4S. The lowest BCUT2D eigenvalue weighted by molar-refractivity contribution is -0.0110. The van der Waals surface area contributed by atoms with E-state index in [-0.39, 0.29) is 4.90 Å². The van der Waals surface area contributed by atoms with Gasteiger partial charge in [0.1, 0.15) is 0 Å². The van der Waals surface area contributed by atoms with E-state index in [1.54, 1.807) is 24.3 Å². The number of hydrogen-bond acceptors (Lipinski definition) is 4. The highest BCUT2D eigenvalue weighted by molar-refractivity contribution is 7.86. The number of aliphatic hydroxyl groups excluding tert-OH is 1. The number of aliphatic hydroxyl groups is 1. The molecule has 2 unspecified atom stereocenters. The van der Waals surface area contributed by atoms with Crippen LogP contribution in [0.2, 0.25) is 0 Å². The van der Waals surface area contributed by atoms with E-state index in [1.165, 1.54) is 12.1 Å². The van der Waals surface area contributed by atoms with E-state index in [0.29, 0.717) is 17.5 Å². The average molecular weight is 380 g/mol. The Morgan fingerprint density at radius 1 is 0.926 bits per heavy atom. The summed E-state index contributed by atoms with van der Waals surface area (Å²) < 4.78 is 32.1. The molecule has 27 heavy (non-hydrogen) atoms. The Kier molecular flexibility index (Phi) is 4.38. The predicted molar refractivity (Wildman–Crippen MR) is 103 cm³/mol. The maximum Gasteiger partial charge on any atom is 0.298 e. The quantitative estimate of drug-likeness (QED) is 0.703. The Morgan fingerprint density at radius 3 is 2.26 bits per heavy atom. The van der Waals surface area contributed by atoms with Crippen molar-refractivity contribution in [1.82, 2.24) is 0 Å². The summed E-state index contributed by atoms with van der Waals surface area (Å²) in [5, 5.41) is 11.0. The minimum Gasteiger partial charge on any atom is -0.389 e. The van der Waals surface area contributed by atoms with Crippen molar-refractivity contribution in [3.05, 3.63) is 101 Å². The highest BCUT2D eigenvalue weighted by Crippen LogP contribution is 2.47. The van der Waals surface area contributed by atoms with Gasteiger partial charge in [-0.15, -0.1) is 0 Å². The molecular weight excluding hydrogens is 360 g/mol. The van der Waals surface area contributed by atoms with E-state index >= 15 is 0 Å². The van der Waals surface area contributed by atoms with E-state index in [9.17, 15) is 13.5 Å². The van der Waals surface area contributed by atoms with Gasteiger partial charge in [0.15, 0.2) is 5.60 Å². The number of hydrogen-bond donors (Lipinski definition) is 1. The normalized spacial score (nSPS) is 21.8. The fraction of sp³-hybridized carbons (Fsp3) is 0.182. The summed E-state index contributed by atoms with van der Waals surface area (Å²) >= 11 is 0. The number of benzene rings is 3. The van der Waals surface area contributed by atoms with E-state index in [4.69, 9.17) is 4.18 Å². The maximum atomic E-state index is 13.1. The van der Waals surface area contributed by atoms with Crippen molar-refractivity contribution in [3.8, 4) is 0 Å². The molecule has 5 heteroatoms. The molecule has 0 amide bonds. The second-order valence-corrected chi connectivity index (χ2v) is 8.38. The second kappa shape index (κ2) is 6.60. The van der Waals surface area contributed by atoms with Crippen LogP contribution in [0.15, 0.2) is 83.8 Å². The molecule has 0 radical (unpaired) electrons. The Morgan fingerprint density at radius 2 is 1.56 bits per heavy atom. The molecule has 3 aromatic rings. The van der Waals surface area contributed by atoms with Crippen molar-refractivity contribution in [1.29, 1.82) is 0 Å². The molecule has 4 nitrogen and oxygen atoms in total. The summed E-state index contributed by atoms with van der Waals surface area (Å²) in [6.45, 7) is 1.89. The molecule has 0 saturated carbocycles. The molecule has 1 aliphatic carbocycles. The number of fused-ring (bicyclic) bond motifs is 1. The van der Waals surface area contributed by atoms with Crippen LogP contribution in [0, 0.1) is 6.92 Å². The van der Waals surface area contributed by atoms with Gasteiger partial charge in [0.2, 0.25) is 0 Å². The Labute approximate surface area is 159 Å². The minimum atomic E-state index is -4.10. The standard InChI is InChI=1S/C22H20O4S/c1-16-11-13-19(14-12-16)27(24,25)26-22(18-8-3-2-4-9-18)20-10-6-5-7-17(20)15-21(22)23/h2-14,21,23H,15H2,1H3. The van der Waals surface area contributed by atoms with E-state index in [2.05, 4.69) is 0 Å². The summed E-state index contributed by atoms with van der Waals surface area (Å²) in [6.07, 6.45) is -0.688. The van der Waals surface area contributed by atoms with Gasteiger partial charge in [-0.25, -0.2) is 4.18 Å². The average Bonchev–Trinajstić information content (AvgIpc) is 2.95. The van der Waals surface area contributed by atoms with Crippen LogP contribution in [-0.2, 0) is 26.3 Å². The summed E-state index contributed by atoms with van der Waals surface area (Å²) in [6, 6.07) is 23.0. The van der Waals surface area contributed by atoms with Gasteiger partial charge in [0.25, 0.3) is 10.1 Å². The van der Waals surface area contributed by atoms with Gasteiger partial charge in [0, 0.05) is 6.42 Å². The molecule has 0 saturated heterocycles. The van der Waals surface area contributed by atoms with Crippen LogP contribution in [0.3, 0.4) is 0 Å². The van der Waals surface area contributed by atoms with Gasteiger partial charge in [-0.05, 0) is 35.7 Å². The summed E-state index contributed by atoms with van der Waals surface area (Å²) in [7, 11) is -4.10. The van der Waals surface area contributed by atoms with E-state index in [1.807, 2.05) is 49.4 Å². The Bertz CT molecular complexity index is 1060. The molecule has 2 atom stereocenters. The Balaban J connectivity index is 1.90. The van der Waals surface area contributed by atoms with Gasteiger partial charge in [0.05, 0.1) is 11.0 Å². The first-order chi connectivity index (χ1) is 12.9. The molecule has 0 bridgehead atoms. The van der Waals surface area contributed by atoms with Gasteiger partial charge in [-0.3, -0.25) is 0 Å². The molecule has 138 valence electrons. The minimum absolute atomic E-state index is 0.0694. The van der Waals surface area contributed by atoms with Crippen molar-refractivity contribution in [2.75, 3.05) is 0 Å². The smallest absolute Gasteiger partial charge is 0.298 e. The van der Waals surface area contributed by atoms with Gasteiger partial charge in [-0.1, -0.05) is 72.3 Å². The fourth-order valence-corrected chi connectivity index (χ4v) is 4.91. The van der Waals surface area contributed by atoms with Crippen LogP contribution in [0.25, 0.3) is 0 Å². The van der Waals surface area contributed by atoms with Crippen LogP contribution in [0.4, 0.5) is 0 Å². The predicted octanol–water partition coefficient (Wildman–Crippen LogP) is 3.56. The van der Waals surface area contributed by atoms with Gasteiger partial charge >= 0.3 is 0 Å². The highest BCUT2D eigenvalue weighted by atomic mass is 32.2. The Hall–Kier alpha value is -2.47. The summed E-state index contributed by atoms with van der Waals surface area (Å²) in [5.41, 5.74) is 1.66. The van der Waals surface area contributed by atoms with Crippen LogP contribution in [-0.4, -0.2) is 19.6 Å². The summed E-state index contributed by atoms with van der Waals surface area (Å²) in [4.78, 5) is 0.0694. The van der Waals surface area contributed by atoms with Crippen molar-refractivity contribution in [3.63, 3.8) is 0 Å². The SMILES string of the molecule is Cc1ccc(S(=O)(=O)OC2(c3ccccc3)c3ccccc3CC2O)cc1. The zero-order chi connectivity index (χ0) is 19.1. The molecule has 1 N–H and O–H groups in total. The first-order valence-corrected chi connectivity index (χ1v) is 10.2. The zero-order valence-corrected chi connectivity index (χ0v) is 15.7. The second-order valence-electron chi connectivity index (χ2n) is 6.83. The molecule has 0 spiro atoms. The monoisotopic (exact) mass is 380 g/mol. The van der Waals surface area contributed by atoms with E-state index in [0.717, 1.165) is 11.1 Å². The molecule has 3 aromatic carbocycles. The first kappa shape index (κ1) is 17.9. The zero-order valence-electron chi connectivity index (χ0n) is 14.9. The lowest BCUT2D eigenvalue weighted by atomic mass is 9.86. The third-order valence-electron chi connectivity index (χ3n) is 5.05.